The van der Waals surface area contributed by atoms with Gasteiger partial charge in [0.25, 0.3) is 0 Å². The van der Waals surface area contributed by atoms with Crippen LogP contribution in [0.15, 0.2) is 54.6 Å². The normalized spacial score (nSPS) is 26.7. The molecule has 2 fully saturated rings. The predicted molar refractivity (Wildman–Crippen MR) is 114 cm³/mol. The number of urea groups is 1. The van der Waals surface area contributed by atoms with Crippen molar-refractivity contribution in [2.24, 2.45) is 5.92 Å². The lowest BCUT2D eigenvalue weighted by Crippen LogP contribution is -2.41. The summed E-state index contributed by atoms with van der Waals surface area (Å²) in [5.41, 5.74) is 3.86. The lowest BCUT2D eigenvalue weighted by Gasteiger charge is -2.23. The van der Waals surface area contributed by atoms with Crippen molar-refractivity contribution in [3.05, 3.63) is 71.5 Å². The first-order valence-corrected chi connectivity index (χ1v) is 10.9. The summed E-state index contributed by atoms with van der Waals surface area (Å²) in [5.74, 6) is 2.53. The van der Waals surface area contributed by atoms with E-state index < -0.39 is 0 Å². The standard InChI is InChI=1S/C24H25N5O/c30-24(25-21-18-13-12-15-7-4-5-10-17(15)20(18)21)29-14-6-11-19(29)23-26-22(27-28-23)16-8-2-1-3-9-16/h1-5,7-10,18-21H,6,11-14H2,(H,25,30)(H,26,27,28). The second kappa shape index (κ2) is 6.97. The average Bonchev–Trinajstić information content (AvgIpc) is 3.16. The third-order valence-corrected chi connectivity index (χ3v) is 6.98. The molecule has 0 radical (unpaired) electrons. The minimum atomic E-state index is -0.0389. The molecule has 2 aromatic carbocycles. The number of amides is 2. The van der Waals surface area contributed by atoms with Crippen molar-refractivity contribution in [1.82, 2.24) is 25.4 Å². The molecule has 4 unspecified atom stereocenters. The molecule has 3 aliphatic rings. The number of aromatic amines is 1. The van der Waals surface area contributed by atoms with Gasteiger partial charge in [-0.25, -0.2) is 9.78 Å². The maximum atomic E-state index is 13.2. The van der Waals surface area contributed by atoms with Gasteiger partial charge in [0, 0.05) is 24.1 Å². The summed E-state index contributed by atoms with van der Waals surface area (Å²) in [4.78, 5) is 19.8. The Morgan fingerprint density at radius 3 is 2.80 bits per heavy atom. The lowest BCUT2D eigenvalue weighted by atomic mass is 9.92. The summed E-state index contributed by atoms with van der Waals surface area (Å²) >= 11 is 0. The zero-order valence-electron chi connectivity index (χ0n) is 16.8. The number of carbonyl (C=O) groups excluding carboxylic acids is 1. The number of nitrogens with one attached hydrogen (secondary N) is 2. The topological polar surface area (TPSA) is 73.9 Å². The summed E-state index contributed by atoms with van der Waals surface area (Å²) in [7, 11) is 0. The summed E-state index contributed by atoms with van der Waals surface area (Å²) < 4.78 is 0. The van der Waals surface area contributed by atoms with Gasteiger partial charge in [0.2, 0.25) is 0 Å². The highest BCUT2D eigenvalue weighted by atomic mass is 16.2. The van der Waals surface area contributed by atoms with Crippen LogP contribution in [0.5, 0.6) is 0 Å². The van der Waals surface area contributed by atoms with Crippen molar-refractivity contribution in [2.45, 2.75) is 43.7 Å². The summed E-state index contributed by atoms with van der Waals surface area (Å²) in [6, 6.07) is 18.9. The fourth-order valence-electron chi connectivity index (χ4n) is 5.42. The highest BCUT2D eigenvalue weighted by molar-refractivity contribution is 5.76. The molecule has 0 spiro atoms. The van der Waals surface area contributed by atoms with E-state index in [9.17, 15) is 4.79 Å². The molecule has 30 heavy (non-hydrogen) atoms. The maximum absolute atomic E-state index is 13.2. The summed E-state index contributed by atoms with van der Waals surface area (Å²) in [6.45, 7) is 0.760. The Bertz CT molecular complexity index is 1080. The number of aromatic nitrogens is 3. The summed E-state index contributed by atoms with van der Waals surface area (Å²) in [5, 5.41) is 10.8. The van der Waals surface area contributed by atoms with Crippen molar-refractivity contribution in [1.29, 1.82) is 0 Å². The van der Waals surface area contributed by atoms with Crippen LogP contribution < -0.4 is 5.32 Å². The number of nitrogens with zero attached hydrogens (tertiary/aromatic N) is 3. The Kier molecular flexibility index (Phi) is 4.11. The van der Waals surface area contributed by atoms with Gasteiger partial charge in [0.15, 0.2) is 5.82 Å². The van der Waals surface area contributed by atoms with Gasteiger partial charge in [-0.15, -0.1) is 0 Å². The minimum Gasteiger partial charge on any atom is -0.334 e. The van der Waals surface area contributed by atoms with Crippen molar-refractivity contribution >= 4 is 6.03 Å². The lowest BCUT2D eigenvalue weighted by molar-refractivity contribution is 0.190. The molecule has 6 nitrogen and oxygen atoms in total. The second-order valence-electron chi connectivity index (χ2n) is 8.66. The third kappa shape index (κ3) is 2.90. The number of benzene rings is 2. The van der Waals surface area contributed by atoms with Gasteiger partial charge in [-0.2, -0.15) is 5.10 Å². The number of likely N-dealkylation sites (tertiary alicyclic amines) is 1. The van der Waals surface area contributed by atoms with Crippen LogP contribution >= 0.6 is 0 Å². The van der Waals surface area contributed by atoms with Crippen LogP contribution in [0.4, 0.5) is 4.79 Å². The molecule has 6 rings (SSSR count). The number of hydrogen-bond acceptors (Lipinski definition) is 3. The Morgan fingerprint density at radius 2 is 1.90 bits per heavy atom. The van der Waals surface area contributed by atoms with Crippen LogP contribution in [0, 0.1) is 5.92 Å². The molecule has 2 N–H and O–H groups in total. The van der Waals surface area contributed by atoms with Crippen LogP contribution in [0.1, 0.15) is 48.2 Å². The Hall–Kier alpha value is -3.15. The molecular weight excluding hydrogens is 374 g/mol. The van der Waals surface area contributed by atoms with Gasteiger partial charge in [-0.05, 0) is 42.7 Å². The molecule has 2 aliphatic carbocycles. The first kappa shape index (κ1) is 17.7. The molecule has 1 saturated carbocycles. The number of fused-ring (bicyclic) bond motifs is 3. The molecule has 1 aliphatic heterocycles. The first-order valence-electron chi connectivity index (χ1n) is 10.9. The second-order valence-corrected chi connectivity index (χ2v) is 8.66. The van der Waals surface area contributed by atoms with E-state index in [4.69, 9.17) is 4.98 Å². The molecule has 2 amide bonds. The van der Waals surface area contributed by atoms with Gasteiger partial charge < -0.3 is 10.2 Å². The van der Waals surface area contributed by atoms with Gasteiger partial charge in [0.05, 0.1) is 6.04 Å². The highest BCUT2D eigenvalue weighted by Crippen LogP contribution is 2.54. The van der Waals surface area contributed by atoms with E-state index >= 15 is 0 Å². The molecule has 1 saturated heterocycles. The van der Waals surface area contributed by atoms with Gasteiger partial charge >= 0.3 is 6.03 Å². The SMILES string of the molecule is O=C(NC1C2CCc3ccccc3C21)N1CCCC1c1nc(-c2ccccc2)n[nH]1. The number of carbonyl (C=O) groups is 1. The monoisotopic (exact) mass is 399 g/mol. The van der Waals surface area contributed by atoms with E-state index in [0.717, 1.165) is 37.2 Å². The number of aryl methyl sites for hydroxylation is 1. The number of H-pyrrole nitrogens is 1. The van der Waals surface area contributed by atoms with Crippen LogP contribution in [0.25, 0.3) is 11.4 Å². The zero-order valence-corrected chi connectivity index (χ0v) is 16.8. The molecule has 4 atom stereocenters. The molecular formula is C24H25N5O. The van der Waals surface area contributed by atoms with E-state index in [0.29, 0.717) is 17.7 Å². The van der Waals surface area contributed by atoms with Crippen molar-refractivity contribution < 1.29 is 4.79 Å². The smallest absolute Gasteiger partial charge is 0.318 e. The third-order valence-electron chi connectivity index (χ3n) is 6.98. The van der Waals surface area contributed by atoms with Crippen LogP contribution in [-0.2, 0) is 6.42 Å². The first-order chi connectivity index (χ1) is 14.8. The van der Waals surface area contributed by atoms with Crippen molar-refractivity contribution in [3.63, 3.8) is 0 Å². The molecule has 152 valence electrons. The predicted octanol–water partition coefficient (Wildman–Crippen LogP) is 4.05. The largest absolute Gasteiger partial charge is 0.334 e. The quantitative estimate of drug-likeness (QED) is 0.698. The van der Waals surface area contributed by atoms with Crippen LogP contribution in [0.3, 0.4) is 0 Å². The van der Waals surface area contributed by atoms with Crippen molar-refractivity contribution in [3.8, 4) is 11.4 Å². The summed E-state index contributed by atoms with van der Waals surface area (Å²) in [6.07, 6.45) is 4.19. The fourth-order valence-corrected chi connectivity index (χ4v) is 5.42. The van der Waals surface area contributed by atoms with Gasteiger partial charge in [0.1, 0.15) is 5.82 Å². The zero-order chi connectivity index (χ0) is 20.1. The Labute approximate surface area is 175 Å². The maximum Gasteiger partial charge on any atom is 0.318 e. The van der Waals surface area contributed by atoms with E-state index in [1.807, 2.05) is 35.2 Å². The van der Waals surface area contributed by atoms with Gasteiger partial charge in [-0.1, -0.05) is 54.6 Å². The number of hydrogen-bond donors (Lipinski definition) is 2. The van der Waals surface area contributed by atoms with E-state index in [-0.39, 0.29) is 18.1 Å². The Morgan fingerprint density at radius 1 is 1.07 bits per heavy atom. The molecule has 1 aromatic heterocycles. The minimum absolute atomic E-state index is 0.0343. The molecule has 0 bridgehead atoms. The fraction of sp³-hybridized carbons (Fsp3) is 0.375. The highest BCUT2D eigenvalue weighted by Gasteiger charge is 2.54. The molecule has 2 heterocycles. The van der Waals surface area contributed by atoms with Gasteiger partial charge in [-0.3, -0.25) is 5.10 Å². The van der Waals surface area contributed by atoms with E-state index in [2.05, 4.69) is 39.8 Å². The average molecular weight is 399 g/mol. The van der Waals surface area contributed by atoms with Crippen molar-refractivity contribution in [2.75, 3.05) is 6.54 Å². The van der Waals surface area contributed by atoms with Crippen LogP contribution in [-0.4, -0.2) is 38.7 Å². The van der Waals surface area contributed by atoms with E-state index in [1.165, 1.54) is 17.5 Å². The Balaban J connectivity index is 1.17. The van der Waals surface area contributed by atoms with Crippen LogP contribution in [0.2, 0.25) is 0 Å². The van der Waals surface area contributed by atoms with E-state index in [1.54, 1.807) is 0 Å². The molecule has 3 aromatic rings. The number of rotatable bonds is 3. The molecule has 6 heteroatoms.